The summed E-state index contributed by atoms with van der Waals surface area (Å²) in [6.07, 6.45) is 3.84. The quantitative estimate of drug-likeness (QED) is 0.735. The third-order valence-corrected chi connectivity index (χ3v) is 3.83. The van der Waals surface area contributed by atoms with Crippen molar-refractivity contribution < 1.29 is 0 Å². The predicted octanol–water partition coefficient (Wildman–Crippen LogP) is 1.83. The second-order valence-electron chi connectivity index (χ2n) is 5.49. The zero-order valence-corrected chi connectivity index (χ0v) is 13.7. The molecule has 0 amide bonds. The van der Waals surface area contributed by atoms with E-state index >= 15 is 0 Å². The Balaban J connectivity index is 2.05. The Labute approximate surface area is 129 Å². The van der Waals surface area contributed by atoms with Gasteiger partial charge in [-0.05, 0) is 20.8 Å². The van der Waals surface area contributed by atoms with Crippen molar-refractivity contribution in [1.82, 2.24) is 29.3 Å². The van der Waals surface area contributed by atoms with Crippen molar-refractivity contribution in [2.45, 2.75) is 33.9 Å². The highest BCUT2D eigenvalue weighted by Gasteiger charge is 2.17. The minimum absolute atomic E-state index is 0.695. The predicted molar refractivity (Wildman–Crippen MR) is 85.8 cm³/mol. The molecule has 0 aromatic carbocycles. The van der Waals surface area contributed by atoms with Crippen LogP contribution in [0.1, 0.15) is 24.3 Å². The number of aryl methyl sites for hydroxylation is 4. The molecule has 0 fully saturated rings. The minimum atomic E-state index is 0.695. The lowest BCUT2D eigenvalue weighted by atomic mass is 10.2. The van der Waals surface area contributed by atoms with Crippen LogP contribution in [0, 0.1) is 13.8 Å². The Morgan fingerprint density at radius 1 is 1.23 bits per heavy atom. The van der Waals surface area contributed by atoms with Crippen LogP contribution in [0.5, 0.6) is 0 Å². The van der Waals surface area contributed by atoms with Gasteiger partial charge in [0, 0.05) is 33.0 Å². The van der Waals surface area contributed by atoms with Crippen LogP contribution in [0.2, 0.25) is 0 Å². The number of imidazole rings is 1. The summed E-state index contributed by atoms with van der Waals surface area (Å²) in [5.74, 6) is 2.67. The van der Waals surface area contributed by atoms with E-state index in [2.05, 4.69) is 36.4 Å². The van der Waals surface area contributed by atoms with Gasteiger partial charge in [-0.2, -0.15) is 5.10 Å². The molecule has 3 rings (SSSR count). The van der Waals surface area contributed by atoms with Crippen molar-refractivity contribution in [3.63, 3.8) is 0 Å². The largest absolute Gasteiger partial charge is 0.351 e. The van der Waals surface area contributed by atoms with Gasteiger partial charge in [0.15, 0.2) is 5.65 Å². The molecule has 0 spiro atoms. The monoisotopic (exact) mass is 299 g/mol. The number of nitrogens with zero attached hydrogens (tertiary/aromatic N) is 7. The van der Waals surface area contributed by atoms with Crippen LogP contribution in [0.3, 0.4) is 0 Å². The number of fused-ring (bicyclic) bond motifs is 1. The fourth-order valence-corrected chi connectivity index (χ4v) is 2.77. The maximum atomic E-state index is 4.64. The smallest absolute Gasteiger partial charge is 0.163 e. The average molecular weight is 299 g/mol. The van der Waals surface area contributed by atoms with E-state index in [9.17, 15) is 0 Å². The molecule has 0 bridgehead atoms. The summed E-state index contributed by atoms with van der Waals surface area (Å²) in [7, 11) is 3.94. The Bertz CT molecular complexity index is 815. The van der Waals surface area contributed by atoms with Gasteiger partial charge in [0.2, 0.25) is 0 Å². The molecule has 7 heteroatoms. The van der Waals surface area contributed by atoms with Crippen LogP contribution >= 0.6 is 0 Å². The van der Waals surface area contributed by atoms with Crippen LogP contribution < -0.4 is 4.90 Å². The Morgan fingerprint density at radius 3 is 2.73 bits per heavy atom. The molecule has 0 aliphatic carbocycles. The van der Waals surface area contributed by atoms with E-state index in [1.165, 1.54) is 0 Å². The maximum absolute atomic E-state index is 4.64. The molecule has 0 radical (unpaired) electrons. The molecule has 3 heterocycles. The first kappa shape index (κ1) is 14.5. The summed E-state index contributed by atoms with van der Waals surface area (Å²) in [6, 6.07) is 0. The lowest BCUT2D eigenvalue weighted by Gasteiger charge is -2.19. The van der Waals surface area contributed by atoms with Gasteiger partial charge >= 0.3 is 0 Å². The molecule has 0 atom stereocenters. The van der Waals surface area contributed by atoms with Crippen molar-refractivity contribution in [2.24, 2.45) is 7.05 Å². The normalized spacial score (nSPS) is 11.3. The molecule has 0 N–H and O–H groups in total. The van der Waals surface area contributed by atoms with E-state index in [-0.39, 0.29) is 0 Å². The highest BCUT2D eigenvalue weighted by Crippen LogP contribution is 2.26. The molecule has 0 aliphatic rings. The molecule has 0 saturated carbocycles. The topological polar surface area (TPSA) is 64.7 Å². The summed E-state index contributed by atoms with van der Waals surface area (Å²) < 4.78 is 3.95. The number of aromatic nitrogens is 6. The Morgan fingerprint density at radius 2 is 2.00 bits per heavy atom. The lowest BCUT2D eigenvalue weighted by molar-refractivity contribution is 0.683. The summed E-state index contributed by atoms with van der Waals surface area (Å²) in [5, 5.41) is 5.48. The van der Waals surface area contributed by atoms with Crippen LogP contribution in [0.4, 0.5) is 5.82 Å². The van der Waals surface area contributed by atoms with Crippen LogP contribution in [0.15, 0.2) is 12.4 Å². The molecule has 0 unspecified atom stereocenters. The van der Waals surface area contributed by atoms with E-state index in [0.29, 0.717) is 6.54 Å². The minimum Gasteiger partial charge on any atom is -0.351 e. The highest BCUT2D eigenvalue weighted by atomic mass is 15.3. The van der Waals surface area contributed by atoms with Gasteiger partial charge in [0.25, 0.3) is 0 Å². The maximum Gasteiger partial charge on any atom is 0.163 e. The van der Waals surface area contributed by atoms with E-state index in [4.69, 9.17) is 0 Å². The molecule has 0 saturated heterocycles. The fourth-order valence-electron chi connectivity index (χ4n) is 2.77. The van der Waals surface area contributed by atoms with Crippen LogP contribution in [-0.4, -0.2) is 36.3 Å². The van der Waals surface area contributed by atoms with Gasteiger partial charge < -0.3 is 9.47 Å². The third-order valence-electron chi connectivity index (χ3n) is 3.83. The molecule has 116 valence electrons. The average Bonchev–Trinajstić information content (AvgIpc) is 3.03. The standard InChI is InChI=1S/C15H21N7/c1-6-22-8-7-16-12(22)9-20(4)14-13-10(2)19-21(5)15(13)18-11(3)17-14/h7-8H,6,9H2,1-5H3. The highest BCUT2D eigenvalue weighted by molar-refractivity contribution is 5.89. The Hall–Kier alpha value is -2.44. The summed E-state index contributed by atoms with van der Waals surface area (Å²) >= 11 is 0. The molecular weight excluding hydrogens is 278 g/mol. The number of hydrogen-bond donors (Lipinski definition) is 0. The zero-order valence-electron chi connectivity index (χ0n) is 13.7. The van der Waals surface area contributed by atoms with Crippen molar-refractivity contribution in [3.05, 3.63) is 29.7 Å². The van der Waals surface area contributed by atoms with Gasteiger partial charge in [-0.25, -0.2) is 15.0 Å². The second kappa shape index (κ2) is 5.40. The van der Waals surface area contributed by atoms with Crippen molar-refractivity contribution in [1.29, 1.82) is 0 Å². The van der Waals surface area contributed by atoms with Crippen molar-refractivity contribution in [3.8, 4) is 0 Å². The summed E-state index contributed by atoms with van der Waals surface area (Å²) in [4.78, 5) is 15.7. The van der Waals surface area contributed by atoms with E-state index in [0.717, 1.165) is 40.7 Å². The first-order chi connectivity index (χ1) is 10.5. The molecule has 0 aliphatic heterocycles. The number of hydrogen-bond acceptors (Lipinski definition) is 5. The van der Waals surface area contributed by atoms with Crippen molar-refractivity contribution in [2.75, 3.05) is 11.9 Å². The van der Waals surface area contributed by atoms with Gasteiger partial charge in [-0.3, -0.25) is 4.68 Å². The fraction of sp³-hybridized carbons (Fsp3) is 0.467. The Kier molecular flexibility index (Phi) is 3.56. The SMILES string of the molecule is CCn1ccnc1CN(C)c1nc(C)nc2c1c(C)nn2C. The second-order valence-corrected chi connectivity index (χ2v) is 5.49. The van der Waals surface area contributed by atoms with Gasteiger partial charge in [0.05, 0.1) is 17.6 Å². The molecular formula is C15H21N7. The molecule has 3 aromatic rings. The first-order valence-electron chi connectivity index (χ1n) is 7.40. The van der Waals surface area contributed by atoms with Gasteiger partial charge in [-0.1, -0.05) is 0 Å². The van der Waals surface area contributed by atoms with Crippen molar-refractivity contribution >= 4 is 16.9 Å². The summed E-state index contributed by atoms with van der Waals surface area (Å²) in [5.41, 5.74) is 1.81. The number of anilines is 1. The van der Waals surface area contributed by atoms with Crippen LogP contribution in [-0.2, 0) is 20.1 Å². The lowest BCUT2D eigenvalue weighted by Crippen LogP contribution is -2.21. The first-order valence-corrected chi connectivity index (χ1v) is 7.40. The van der Waals surface area contributed by atoms with Gasteiger partial charge in [-0.15, -0.1) is 0 Å². The summed E-state index contributed by atoms with van der Waals surface area (Å²) in [6.45, 7) is 7.62. The zero-order chi connectivity index (χ0) is 15.9. The van der Waals surface area contributed by atoms with E-state index in [1.807, 2.05) is 45.0 Å². The van der Waals surface area contributed by atoms with E-state index < -0.39 is 0 Å². The van der Waals surface area contributed by atoms with Gasteiger partial charge in [0.1, 0.15) is 17.5 Å². The molecule has 3 aromatic heterocycles. The molecule has 22 heavy (non-hydrogen) atoms. The van der Waals surface area contributed by atoms with Crippen LogP contribution in [0.25, 0.3) is 11.0 Å². The number of rotatable bonds is 4. The molecule has 7 nitrogen and oxygen atoms in total. The third kappa shape index (κ3) is 2.32. The van der Waals surface area contributed by atoms with E-state index in [1.54, 1.807) is 0 Å².